The lowest BCUT2D eigenvalue weighted by Gasteiger charge is -2.35. The molecule has 0 N–H and O–H groups in total. The zero-order chi connectivity index (χ0) is 12.1. The highest BCUT2D eigenvalue weighted by Gasteiger charge is 2.20. The van der Waals surface area contributed by atoms with E-state index in [-0.39, 0.29) is 0 Å². The maximum Gasteiger partial charge on any atom is 0.0398 e. The van der Waals surface area contributed by atoms with Crippen LogP contribution in [0.1, 0.15) is 31.7 Å². The van der Waals surface area contributed by atoms with Crippen molar-refractivity contribution in [2.45, 2.75) is 32.6 Å². The highest BCUT2D eigenvalue weighted by Crippen LogP contribution is 2.29. The van der Waals surface area contributed by atoms with Crippen molar-refractivity contribution < 1.29 is 0 Å². The van der Waals surface area contributed by atoms with E-state index in [1.807, 2.05) is 0 Å². The van der Waals surface area contributed by atoms with Crippen LogP contribution in [0.3, 0.4) is 0 Å². The third-order valence-corrected chi connectivity index (χ3v) is 3.84. The lowest BCUT2D eigenvalue weighted by Crippen LogP contribution is -2.34. The molecule has 1 aromatic carbocycles. The van der Waals surface area contributed by atoms with E-state index < -0.39 is 0 Å². The SMILES string of the molecule is CC1Cc2ccccc2N(CCCCCS)C1. The number of hydrogen-bond acceptors (Lipinski definition) is 2. The van der Waals surface area contributed by atoms with Crippen molar-refractivity contribution in [2.24, 2.45) is 5.92 Å². The van der Waals surface area contributed by atoms with Gasteiger partial charge in [-0.05, 0) is 42.6 Å². The van der Waals surface area contributed by atoms with Crippen LogP contribution in [0.5, 0.6) is 0 Å². The standard InChI is InChI=1S/C15H23NS/c1-13-11-14-7-3-4-8-15(14)16(12-13)9-5-2-6-10-17/h3-4,7-8,13,17H,2,5-6,9-12H2,1H3. The van der Waals surface area contributed by atoms with Gasteiger partial charge in [-0.2, -0.15) is 12.6 Å². The van der Waals surface area contributed by atoms with E-state index in [0.717, 1.165) is 11.7 Å². The molecule has 0 bridgehead atoms. The Bertz CT molecular complexity index is 351. The van der Waals surface area contributed by atoms with Gasteiger partial charge in [0.05, 0.1) is 0 Å². The third-order valence-electron chi connectivity index (χ3n) is 3.52. The smallest absolute Gasteiger partial charge is 0.0398 e. The maximum atomic E-state index is 4.27. The highest BCUT2D eigenvalue weighted by molar-refractivity contribution is 7.80. The summed E-state index contributed by atoms with van der Waals surface area (Å²) in [5.41, 5.74) is 3.00. The summed E-state index contributed by atoms with van der Waals surface area (Å²) in [7, 11) is 0. The third kappa shape index (κ3) is 3.41. The highest BCUT2D eigenvalue weighted by atomic mass is 32.1. The Labute approximate surface area is 111 Å². The van der Waals surface area contributed by atoms with Gasteiger partial charge < -0.3 is 4.90 Å². The predicted molar refractivity (Wildman–Crippen MR) is 79.2 cm³/mol. The summed E-state index contributed by atoms with van der Waals surface area (Å²) in [6, 6.07) is 8.89. The van der Waals surface area contributed by atoms with Gasteiger partial charge in [0.1, 0.15) is 0 Å². The quantitative estimate of drug-likeness (QED) is 0.614. The van der Waals surface area contributed by atoms with E-state index in [4.69, 9.17) is 0 Å². The molecule has 0 aromatic heterocycles. The van der Waals surface area contributed by atoms with Crippen LogP contribution in [0.15, 0.2) is 24.3 Å². The minimum atomic E-state index is 0.787. The topological polar surface area (TPSA) is 3.24 Å². The summed E-state index contributed by atoms with van der Waals surface area (Å²) in [5, 5.41) is 0. The summed E-state index contributed by atoms with van der Waals surface area (Å²) < 4.78 is 0. The first-order valence-corrected chi connectivity index (χ1v) is 7.38. The number of fused-ring (bicyclic) bond motifs is 1. The van der Waals surface area contributed by atoms with Crippen LogP contribution in [-0.2, 0) is 6.42 Å². The fraction of sp³-hybridized carbons (Fsp3) is 0.600. The van der Waals surface area contributed by atoms with Gasteiger partial charge in [0.25, 0.3) is 0 Å². The van der Waals surface area contributed by atoms with Crippen molar-refractivity contribution in [1.29, 1.82) is 0 Å². The molecule has 1 aliphatic rings. The molecular weight excluding hydrogens is 226 g/mol. The number of unbranched alkanes of at least 4 members (excludes halogenated alkanes) is 2. The molecule has 0 amide bonds. The summed E-state index contributed by atoms with van der Waals surface area (Å²) in [4.78, 5) is 2.57. The van der Waals surface area contributed by atoms with Gasteiger partial charge in [-0.1, -0.05) is 31.5 Å². The Morgan fingerprint density at radius 1 is 1.24 bits per heavy atom. The molecule has 0 spiro atoms. The maximum absolute atomic E-state index is 4.27. The largest absolute Gasteiger partial charge is 0.371 e. The van der Waals surface area contributed by atoms with E-state index in [1.165, 1.54) is 50.0 Å². The minimum absolute atomic E-state index is 0.787. The lowest BCUT2D eigenvalue weighted by atomic mass is 9.94. The van der Waals surface area contributed by atoms with E-state index >= 15 is 0 Å². The number of rotatable bonds is 5. The first-order chi connectivity index (χ1) is 8.31. The van der Waals surface area contributed by atoms with Gasteiger partial charge in [-0.3, -0.25) is 0 Å². The second-order valence-corrected chi connectivity index (χ2v) is 5.62. The van der Waals surface area contributed by atoms with E-state index in [0.29, 0.717) is 0 Å². The molecular formula is C15H23NS. The van der Waals surface area contributed by atoms with Gasteiger partial charge in [0.2, 0.25) is 0 Å². The molecule has 2 heteroatoms. The number of thiol groups is 1. The first kappa shape index (κ1) is 12.8. The van der Waals surface area contributed by atoms with E-state index in [2.05, 4.69) is 48.7 Å². The first-order valence-electron chi connectivity index (χ1n) is 6.75. The number of anilines is 1. The van der Waals surface area contributed by atoms with E-state index in [9.17, 15) is 0 Å². The van der Waals surface area contributed by atoms with Crippen molar-refractivity contribution in [1.82, 2.24) is 0 Å². The minimum Gasteiger partial charge on any atom is -0.371 e. The number of benzene rings is 1. The average Bonchev–Trinajstić information content (AvgIpc) is 2.34. The Kier molecular flexibility index (Phi) is 4.78. The van der Waals surface area contributed by atoms with Crippen LogP contribution in [0.25, 0.3) is 0 Å². The molecule has 1 unspecified atom stereocenters. The van der Waals surface area contributed by atoms with Crippen molar-refractivity contribution >= 4 is 18.3 Å². The van der Waals surface area contributed by atoms with Crippen LogP contribution < -0.4 is 4.90 Å². The Balaban J connectivity index is 1.97. The second-order valence-electron chi connectivity index (χ2n) is 5.17. The summed E-state index contributed by atoms with van der Waals surface area (Å²) >= 11 is 4.27. The van der Waals surface area contributed by atoms with Crippen LogP contribution in [0.4, 0.5) is 5.69 Å². The second kappa shape index (κ2) is 6.34. The fourth-order valence-corrected chi connectivity index (χ4v) is 2.93. The fourth-order valence-electron chi connectivity index (χ4n) is 2.71. The molecule has 1 atom stereocenters. The number of hydrogen-bond donors (Lipinski definition) is 1. The van der Waals surface area contributed by atoms with Crippen molar-refractivity contribution in [2.75, 3.05) is 23.7 Å². The van der Waals surface area contributed by atoms with Gasteiger partial charge >= 0.3 is 0 Å². The molecule has 17 heavy (non-hydrogen) atoms. The van der Waals surface area contributed by atoms with Crippen molar-refractivity contribution in [3.63, 3.8) is 0 Å². The molecule has 2 rings (SSSR count). The van der Waals surface area contributed by atoms with Crippen LogP contribution in [0, 0.1) is 5.92 Å². The van der Waals surface area contributed by atoms with Crippen LogP contribution >= 0.6 is 12.6 Å². The molecule has 94 valence electrons. The molecule has 1 aliphatic heterocycles. The van der Waals surface area contributed by atoms with Crippen molar-refractivity contribution in [3.05, 3.63) is 29.8 Å². The van der Waals surface area contributed by atoms with Gasteiger partial charge in [0, 0.05) is 18.8 Å². The van der Waals surface area contributed by atoms with Crippen LogP contribution in [-0.4, -0.2) is 18.8 Å². The van der Waals surface area contributed by atoms with Crippen LogP contribution in [0.2, 0.25) is 0 Å². The normalized spacial score (nSPS) is 19.2. The Hall–Kier alpha value is -0.630. The van der Waals surface area contributed by atoms with Crippen molar-refractivity contribution in [3.8, 4) is 0 Å². The van der Waals surface area contributed by atoms with E-state index in [1.54, 1.807) is 0 Å². The number of para-hydroxylation sites is 1. The van der Waals surface area contributed by atoms with Gasteiger partial charge in [-0.25, -0.2) is 0 Å². The summed E-state index contributed by atoms with van der Waals surface area (Å²) in [6.45, 7) is 4.78. The average molecular weight is 249 g/mol. The summed E-state index contributed by atoms with van der Waals surface area (Å²) in [5.74, 6) is 1.81. The predicted octanol–water partition coefficient (Wildman–Crippen LogP) is 3.79. The zero-order valence-corrected chi connectivity index (χ0v) is 11.6. The molecule has 0 saturated carbocycles. The summed E-state index contributed by atoms with van der Waals surface area (Å²) in [6.07, 6.45) is 5.08. The number of nitrogens with zero attached hydrogens (tertiary/aromatic N) is 1. The van der Waals surface area contributed by atoms with Gasteiger partial charge in [-0.15, -0.1) is 0 Å². The molecule has 1 heterocycles. The molecule has 1 aromatic rings. The molecule has 0 radical (unpaired) electrons. The zero-order valence-electron chi connectivity index (χ0n) is 10.7. The van der Waals surface area contributed by atoms with Gasteiger partial charge in [0.15, 0.2) is 0 Å². The molecule has 0 fully saturated rings. The Morgan fingerprint density at radius 3 is 2.88 bits per heavy atom. The molecule has 0 saturated heterocycles. The lowest BCUT2D eigenvalue weighted by molar-refractivity contribution is 0.522. The molecule has 0 aliphatic carbocycles. The Morgan fingerprint density at radius 2 is 2.06 bits per heavy atom. The molecule has 1 nitrogen and oxygen atoms in total. The monoisotopic (exact) mass is 249 g/mol.